The van der Waals surface area contributed by atoms with E-state index in [4.69, 9.17) is 16.3 Å². The van der Waals surface area contributed by atoms with Crippen molar-refractivity contribution in [3.8, 4) is 5.75 Å². The first-order valence-electron chi connectivity index (χ1n) is 8.57. The first-order chi connectivity index (χ1) is 12.8. The van der Waals surface area contributed by atoms with Crippen LogP contribution in [-0.4, -0.2) is 38.3 Å². The van der Waals surface area contributed by atoms with Gasteiger partial charge in [0.05, 0.1) is 18.0 Å². The van der Waals surface area contributed by atoms with Crippen LogP contribution in [0.1, 0.15) is 19.4 Å². The molecule has 6 nitrogen and oxygen atoms in total. The largest absolute Gasteiger partial charge is 0.494 e. The third-order valence-electron chi connectivity index (χ3n) is 3.91. The number of rotatable bonds is 8. The van der Waals surface area contributed by atoms with Crippen molar-refractivity contribution in [2.45, 2.75) is 25.7 Å². The van der Waals surface area contributed by atoms with E-state index < -0.39 is 15.9 Å². The number of carbonyl (C=O) groups is 1. The summed E-state index contributed by atoms with van der Waals surface area (Å²) < 4.78 is 32.1. The van der Waals surface area contributed by atoms with Gasteiger partial charge < -0.3 is 10.1 Å². The molecule has 0 radical (unpaired) electrons. The van der Waals surface area contributed by atoms with Crippen molar-refractivity contribution in [1.29, 1.82) is 0 Å². The Balaban J connectivity index is 2.13. The highest BCUT2D eigenvalue weighted by Gasteiger charge is 2.25. The number of ether oxygens (including phenoxy) is 1. The van der Waals surface area contributed by atoms with Crippen LogP contribution >= 0.6 is 11.6 Å². The van der Waals surface area contributed by atoms with Gasteiger partial charge in [-0.25, -0.2) is 8.42 Å². The third-order valence-corrected chi connectivity index (χ3v) is 6.08. The van der Waals surface area contributed by atoms with Gasteiger partial charge in [-0.1, -0.05) is 18.5 Å². The Morgan fingerprint density at radius 1 is 1.15 bits per heavy atom. The Kier molecular flexibility index (Phi) is 7.24. The molecule has 2 aromatic rings. The van der Waals surface area contributed by atoms with Crippen LogP contribution in [0.2, 0.25) is 5.02 Å². The maximum Gasteiger partial charge on any atom is 0.243 e. The van der Waals surface area contributed by atoms with Crippen molar-refractivity contribution in [1.82, 2.24) is 4.31 Å². The molecule has 0 spiro atoms. The summed E-state index contributed by atoms with van der Waals surface area (Å²) in [5.74, 6) is 0.173. The molecule has 0 saturated heterocycles. The fourth-order valence-electron chi connectivity index (χ4n) is 2.51. The van der Waals surface area contributed by atoms with Crippen molar-refractivity contribution in [2.24, 2.45) is 0 Å². The number of benzene rings is 2. The Morgan fingerprint density at radius 3 is 2.37 bits per heavy atom. The third kappa shape index (κ3) is 5.45. The molecule has 0 aromatic heterocycles. The van der Waals surface area contributed by atoms with E-state index in [2.05, 4.69) is 5.32 Å². The summed E-state index contributed by atoms with van der Waals surface area (Å²) in [6.07, 6.45) is 0. The number of sulfonamides is 1. The van der Waals surface area contributed by atoms with Gasteiger partial charge in [0.2, 0.25) is 15.9 Å². The van der Waals surface area contributed by atoms with E-state index in [-0.39, 0.29) is 18.0 Å². The van der Waals surface area contributed by atoms with E-state index in [0.29, 0.717) is 23.1 Å². The maximum atomic E-state index is 12.8. The van der Waals surface area contributed by atoms with E-state index in [0.717, 1.165) is 9.87 Å². The number of nitrogens with zero attached hydrogens (tertiary/aromatic N) is 1. The van der Waals surface area contributed by atoms with Crippen molar-refractivity contribution in [3.05, 3.63) is 53.1 Å². The molecule has 1 N–H and O–H groups in total. The summed E-state index contributed by atoms with van der Waals surface area (Å²) in [5, 5.41) is 3.30. The standard InChI is InChI=1S/C19H23ClN2O4S/c1-4-22(13-19(23)21-18-11-6-15(20)12-14(18)3)27(24,25)17-9-7-16(8-10-17)26-5-2/h6-12H,4-5,13H2,1-3H3,(H,21,23). The molecule has 0 heterocycles. The van der Waals surface area contributed by atoms with Gasteiger partial charge in [0, 0.05) is 17.3 Å². The summed E-state index contributed by atoms with van der Waals surface area (Å²) >= 11 is 5.91. The second kappa shape index (κ2) is 9.21. The molecule has 0 unspecified atom stereocenters. The topological polar surface area (TPSA) is 75.7 Å². The zero-order valence-electron chi connectivity index (χ0n) is 15.5. The summed E-state index contributed by atoms with van der Waals surface area (Å²) in [4.78, 5) is 12.5. The van der Waals surface area contributed by atoms with Crippen LogP contribution in [0.25, 0.3) is 0 Å². The van der Waals surface area contributed by atoms with Gasteiger partial charge in [0.15, 0.2) is 0 Å². The number of hydrogen-bond acceptors (Lipinski definition) is 4. The number of likely N-dealkylation sites (N-methyl/N-ethyl adjacent to an activating group) is 1. The Morgan fingerprint density at radius 2 is 1.81 bits per heavy atom. The molecule has 0 aliphatic heterocycles. The number of hydrogen-bond donors (Lipinski definition) is 1. The summed E-state index contributed by atoms with van der Waals surface area (Å²) in [5.41, 5.74) is 1.40. The molecule has 0 fully saturated rings. The zero-order valence-corrected chi connectivity index (χ0v) is 17.1. The summed E-state index contributed by atoms with van der Waals surface area (Å²) in [6, 6.07) is 11.2. The lowest BCUT2D eigenvalue weighted by atomic mass is 10.2. The summed E-state index contributed by atoms with van der Waals surface area (Å²) in [7, 11) is -3.79. The summed E-state index contributed by atoms with van der Waals surface area (Å²) in [6.45, 7) is 5.74. The molecule has 8 heteroatoms. The molecule has 0 aliphatic carbocycles. The van der Waals surface area contributed by atoms with E-state index >= 15 is 0 Å². The highest BCUT2D eigenvalue weighted by Crippen LogP contribution is 2.21. The predicted molar refractivity (Wildman–Crippen MR) is 107 cm³/mol. The average molecular weight is 411 g/mol. The molecule has 0 saturated carbocycles. The van der Waals surface area contributed by atoms with Gasteiger partial charge in [0.1, 0.15) is 5.75 Å². The molecule has 0 aliphatic rings. The fourth-order valence-corrected chi connectivity index (χ4v) is 4.14. The molecular formula is C19H23ClN2O4S. The molecule has 0 bridgehead atoms. The lowest BCUT2D eigenvalue weighted by molar-refractivity contribution is -0.116. The van der Waals surface area contributed by atoms with E-state index in [9.17, 15) is 13.2 Å². The van der Waals surface area contributed by atoms with Crippen LogP contribution in [0.15, 0.2) is 47.4 Å². The number of amides is 1. The zero-order chi connectivity index (χ0) is 20.0. The Bertz CT molecular complexity index is 898. The Labute approximate surface area is 165 Å². The van der Waals surface area contributed by atoms with E-state index in [1.807, 2.05) is 13.8 Å². The first kappa shape index (κ1) is 21.2. The number of aryl methyl sites for hydroxylation is 1. The first-order valence-corrected chi connectivity index (χ1v) is 10.4. The molecule has 2 rings (SSSR count). The molecule has 1 amide bonds. The number of anilines is 1. The SMILES string of the molecule is CCOc1ccc(S(=O)(=O)N(CC)CC(=O)Nc2ccc(Cl)cc2C)cc1. The molecular weight excluding hydrogens is 388 g/mol. The second-order valence-corrected chi connectivity index (χ2v) is 8.22. The van der Waals surface area contributed by atoms with Gasteiger partial charge in [-0.2, -0.15) is 4.31 Å². The minimum absolute atomic E-state index is 0.114. The van der Waals surface area contributed by atoms with Crippen molar-refractivity contribution >= 4 is 33.2 Å². The average Bonchev–Trinajstić information content (AvgIpc) is 2.62. The lowest BCUT2D eigenvalue weighted by Gasteiger charge is -2.20. The number of carbonyl (C=O) groups excluding carboxylic acids is 1. The maximum absolute atomic E-state index is 12.8. The van der Waals surface area contributed by atoms with Crippen molar-refractivity contribution < 1.29 is 17.9 Å². The Hall–Kier alpha value is -2.09. The minimum Gasteiger partial charge on any atom is -0.494 e. The molecule has 146 valence electrons. The van der Waals surface area contributed by atoms with Crippen LogP contribution in [0.5, 0.6) is 5.75 Å². The van der Waals surface area contributed by atoms with Crippen LogP contribution in [0.3, 0.4) is 0 Å². The van der Waals surface area contributed by atoms with Crippen molar-refractivity contribution in [3.63, 3.8) is 0 Å². The fraction of sp³-hybridized carbons (Fsp3) is 0.316. The minimum atomic E-state index is -3.79. The smallest absolute Gasteiger partial charge is 0.243 e. The highest BCUT2D eigenvalue weighted by atomic mass is 35.5. The second-order valence-electron chi connectivity index (χ2n) is 5.84. The molecule has 27 heavy (non-hydrogen) atoms. The quantitative estimate of drug-likeness (QED) is 0.720. The van der Waals surface area contributed by atoms with E-state index in [1.54, 1.807) is 37.3 Å². The normalized spacial score (nSPS) is 11.4. The van der Waals surface area contributed by atoms with Crippen LogP contribution in [0, 0.1) is 6.92 Å². The van der Waals surface area contributed by atoms with E-state index in [1.165, 1.54) is 12.1 Å². The van der Waals surface area contributed by atoms with Crippen molar-refractivity contribution in [2.75, 3.05) is 25.0 Å². The number of halogens is 1. The lowest BCUT2D eigenvalue weighted by Crippen LogP contribution is -2.37. The molecule has 0 atom stereocenters. The highest BCUT2D eigenvalue weighted by molar-refractivity contribution is 7.89. The van der Waals surface area contributed by atoms with Gasteiger partial charge in [0.25, 0.3) is 0 Å². The van der Waals surface area contributed by atoms with Gasteiger partial charge in [-0.05, 0) is 61.9 Å². The predicted octanol–water partition coefficient (Wildman–Crippen LogP) is 3.70. The van der Waals surface area contributed by atoms with Crippen LogP contribution in [-0.2, 0) is 14.8 Å². The van der Waals surface area contributed by atoms with Crippen LogP contribution < -0.4 is 10.1 Å². The van der Waals surface area contributed by atoms with Gasteiger partial charge in [-0.15, -0.1) is 0 Å². The molecule has 2 aromatic carbocycles. The van der Waals surface area contributed by atoms with Crippen LogP contribution in [0.4, 0.5) is 5.69 Å². The van der Waals surface area contributed by atoms with Gasteiger partial charge in [-0.3, -0.25) is 4.79 Å². The van der Waals surface area contributed by atoms with Gasteiger partial charge >= 0.3 is 0 Å². The monoisotopic (exact) mass is 410 g/mol. The number of nitrogens with one attached hydrogen (secondary N) is 1.